The number of alkyl halides is 3. The molecule has 12 heteroatoms. The van der Waals surface area contributed by atoms with E-state index in [1.54, 1.807) is 30.0 Å². The van der Waals surface area contributed by atoms with Gasteiger partial charge in [-0.05, 0) is 42.0 Å². The fourth-order valence-electron chi connectivity index (χ4n) is 3.94. The molecule has 0 bridgehead atoms. The van der Waals surface area contributed by atoms with Crippen molar-refractivity contribution in [3.8, 4) is 16.9 Å². The molecule has 1 aliphatic rings. The van der Waals surface area contributed by atoms with Crippen LogP contribution >= 0.6 is 0 Å². The Bertz CT molecular complexity index is 1440. The Labute approximate surface area is 196 Å². The van der Waals surface area contributed by atoms with Crippen molar-refractivity contribution in [3.63, 3.8) is 0 Å². The quantitative estimate of drug-likeness (QED) is 0.428. The van der Waals surface area contributed by atoms with Crippen molar-refractivity contribution < 1.29 is 27.1 Å². The van der Waals surface area contributed by atoms with Crippen molar-refractivity contribution in [3.05, 3.63) is 71.4 Å². The summed E-state index contributed by atoms with van der Waals surface area (Å²) in [7, 11) is 1.71. The summed E-state index contributed by atoms with van der Waals surface area (Å²) in [4.78, 5) is 23.4. The zero-order chi connectivity index (χ0) is 24.7. The fourth-order valence-corrected chi connectivity index (χ4v) is 3.94. The number of ether oxygens (including phenoxy) is 1. The van der Waals surface area contributed by atoms with E-state index in [2.05, 4.69) is 25.1 Å². The van der Waals surface area contributed by atoms with Gasteiger partial charge in [-0.25, -0.2) is 8.91 Å². The molecule has 0 atom stereocenters. The van der Waals surface area contributed by atoms with Crippen LogP contribution in [-0.2, 0) is 13.0 Å². The van der Waals surface area contributed by atoms with E-state index < -0.39 is 17.9 Å². The van der Waals surface area contributed by atoms with E-state index in [-0.39, 0.29) is 24.6 Å². The maximum absolute atomic E-state index is 14.3. The molecule has 0 unspecified atom stereocenters. The van der Waals surface area contributed by atoms with E-state index >= 15 is 0 Å². The summed E-state index contributed by atoms with van der Waals surface area (Å²) in [6.07, 6.45) is -1.07. The van der Waals surface area contributed by atoms with E-state index in [0.29, 0.717) is 34.8 Å². The number of carbonyl (C=O) groups is 1. The summed E-state index contributed by atoms with van der Waals surface area (Å²) < 4.78 is 57.4. The fraction of sp³-hybridized carbons (Fsp3) is 0.217. The molecule has 0 fully saturated rings. The van der Waals surface area contributed by atoms with Crippen molar-refractivity contribution in [1.29, 1.82) is 0 Å². The Morgan fingerprint density at radius 3 is 2.74 bits per heavy atom. The van der Waals surface area contributed by atoms with Gasteiger partial charge in [0.2, 0.25) is 5.95 Å². The van der Waals surface area contributed by atoms with E-state index in [0.717, 1.165) is 23.8 Å². The molecule has 35 heavy (non-hydrogen) atoms. The summed E-state index contributed by atoms with van der Waals surface area (Å²) >= 11 is 0. The van der Waals surface area contributed by atoms with Crippen molar-refractivity contribution in [2.45, 2.75) is 19.3 Å². The minimum absolute atomic E-state index is 0.0785. The minimum Gasteiger partial charge on any atom is -0.406 e. The van der Waals surface area contributed by atoms with Crippen LogP contribution in [-0.4, -0.2) is 50.3 Å². The summed E-state index contributed by atoms with van der Waals surface area (Å²) in [5.74, 6) is -1.20. The van der Waals surface area contributed by atoms with E-state index in [1.807, 2.05) is 12.1 Å². The molecule has 0 aliphatic carbocycles. The van der Waals surface area contributed by atoms with Crippen molar-refractivity contribution in [2.75, 3.05) is 18.9 Å². The molecule has 1 amide bonds. The molecule has 0 saturated carbocycles. The lowest BCUT2D eigenvalue weighted by Gasteiger charge is -2.28. The maximum Gasteiger partial charge on any atom is 0.573 e. The number of amides is 1. The summed E-state index contributed by atoms with van der Waals surface area (Å²) in [5.41, 5.74) is 2.94. The van der Waals surface area contributed by atoms with Crippen molar-refractivity contribution in [2.24, 2.45) is 0 Å². The Morgan fingerprint density at radius 2 is 1.97 bits per heavy atom. The van der Waals surface area contributed by atoms with Crippen LogP contribution in [0.25, 0.3) is 16.8 Å². The zero-order valence-corrected chi connectivity index (χ0v) is 18.3. The molecule has 5 rings (SSSR count). The SMILES string of the molecule is CNc1nc2cc(-c3cnc4c(c3)C(=O)N(Cc3cc(OC(F)(F)F)ccc3F)CC4)ccn2n1. The first-order chi connectivity index (χ1) is 16.7. The monoisotopic (exact) mass is 486 g/mol. The number of fused-ring (bicyclic) bond motifs is 2. The van der Waals surface area contributed by atoms with Crippen LogP contribution in [0.4, 0.5) is 23.5 Å². The van der Waals surface area contributed by atoms with Crippen LogP contribution in [0, 0.1) is 5.82 Å². The van der Waals surface area contributed by atoms with Gasteiger partial charge in [0, 0.05) is 50.1 Å². The number of anilines is 1. The van der Waals surface area contributed by atoms with Gasteiger partial charge >= 0.3 is 6.36 Å². The van der Waals surface area contributed by atoms with Crippen LogP contribution in [0.3, 0.4) is 0 Å². The molecule has 8 nitrogen and oxygen atoms in total. The molecule has 0 saturated heterocycles. The lowest BCUT2D eigenvalue weighted by molar-refractivity contribution is -0.274. The molecule has 1 aliphatic heterocycles. The normalized spacial score (nSPS) is 13.7. The van der Waals surface area contributed by atoms with Crippen molar-refractivity contribution >= 4 is 17.5 Å². The lowest BCUT2D eigenvalue weighted by Crippen LogP contribution is -2.37. The van der Waals surface area contributed by atoms with Gasteiger partial charge in [-0.15, -0.1) is 18.3 Å². The summed E-state index contributed by atoms with van der Waals surface area (Å²) in [6.45, 7) is 0.0440. The predicted molar refractivity (Wildman–Crippen MR) is 117 cm³/mol. The second kappa shape index (κ2) is 8.53. The molecule has 4 heterocycles. The highest BCUT2D eigenvalue weighted by molar-refractivity contribution is 5.97. The van der Waals surface area contributed by atoms with Crippen LogP contribution < -0.4 is 10.1 Å². The number of hydrogen-bond donors (Lipinski definition) is 1. The highest BCUT2D eigenvalue weighted by Crippen LogP contribution is 2.29. The second-order valence-electron chi connectivity index (χ2n) is 7.90. The average Bonchev–Trinajstić information content (AvgIpc) is 3.24. The van der Waals surface area contributed by atoms with Gasteiger partial charge in [0.15, 0.2) is 5.65 Å². The number of halogens is 4. The number of carbonyl (C=O) groups excluding carboxylic acids is 1. The van der Waals surface area contributed by atoms with Crippen LogP contribution in [0.15, 0.2) is 48.8 Å². The zero-order valence-electron chi connectivity index (χ0n) is 18.3. The molecular formula is C23H18F4N6O2. The summed E-state index contributed by atoms with van der Waals surface area (Å²) in [6, 6.07) is 8.06. The Balaban J connectivity index is 1.41. The van der Waals surface area contributed by atoms with Gasteiger partial charge < -0.3 is 15.0 Å². The predicted octanol–water partition coefficient (Wildman–Crippen LogP) is 4.07. The third-order valence-electron chi connectivity index (χ3n) is 5.61. The van der Waals surface area contributed by atoms with Gasteiger partial charge in [-0.1, -0.05) is 0 Å². The van der Waals surface area contributed by atoms with Gasteiger partial charge in [-0.3, -0.25) is 9.78 Å². The number of pyridine rings is 2. The molecule has 4 aromatic rings. The molecule has 0 spiro atoms. The smallest absolute Gasteiger partial charge is 0.406 e. The number of hydrogen-bond acceptors (Lipinski definition) is 6. The number of benzene rings is 1. The number of nitrogens with one attached hydrogen (secondary N) is 1. The van der Waals surface area contributed by atoms with Crippen LogP contribution in [0.1, 0.15) is 21.6 Å². The molecular weight excluding hydrogens is 468 g/mol. The van der Waals surface area contributed by atoms with Gasteiger partial charge in [-0.2, -0.15) is 4.98 Å². The average molecular weight is 486 g/mol. The van der Waals surface area contributed by atoms with E-state index in [4.69, 9.17) is 0 Å². The van der Waals surface area contributed by atoms with Gasteiger partial charge in [0.25, 0.3) is 5.91 Å². The number of rotatable bonds is 5. The Morgan fingerprint density at radius 1 is 1.14 bits per heavy atom. The van der Waals surface area contributed by atoms with Gasteiger partial charge in [0.05, 0.1) is 11.3 Å². The largest absolute Gasteiger partial charge is 0.573 e. The first kappa shape index (κ1) is 22.6. The summed E-state index contributed by atoms with van der Waals surface area (Å²) in [5, 5.41) is 7.12. The third kappa shape index (κ3) is 4.59. The standard InChI is InChI=1S/C23H18F4N6O2/c1-28-22-30-20-10-13(4-7-33(20)31-22)14-9-17-19(29-11-14)5-6-32(21(17)34)12-15-8-16(2-3-18(15)24)35-23(25,26)27/h2-4,7-11H,5-6,12H2,1H3,(H,28,31). The Kier molecular flexibility index (Phi) is 5.50. The highest BCUT2D eigenvalue weighted by Gasteiger charge is 2.32. The van der Waals surface area contributed by atoms with Crippen molar-refractivity contribution in [1.82, 2.24) is 24.5 Å². The Hall–Kier alpha value is -4.22. The molecule has 3 aromatic heterocycles. The minimum atomic E-state index is -4.90. The van der Waals surface area contributed by atoms with E-state index in [9.17, 15) is 22.4 Å². The van der Waals surface area contributed by atoms with Crippen LogP contribution in [0.5, 0.6) is 5.75 Å². The molecule has 180 valence electrons. The topological polar surface area (TPSA) is 84.7 Å². The van der Waals surface area contributed by atoms with Crippen LogP contribution in [0.2, 0.25) is 0 Å². The van der Waals surface area contributed by atoms with Gasteiger partial charge in [0.1, 0.15) is 11.6 Å². The third-order valence-corrected chi connectivity index (χ3v) is 5.61. The number of aromatic nitrogens is 4. The maximum atomic E-state index is 14.3. The molecule has 1 N–H and O–H groups in total. The molecule has 0 radical (unpaired) electrons. The first-order valence-corrected chi connectivity index (χ1v) is 10.6. The molecule has 1 aromatic carbocycles. The lowest BCUT2D eigenvalue weighted by atomic mass is 9.99. The highest BCUT2D eigenvalue weighted by atomic mass is 19.4. The second-order valence-corrected chi connectivity index (χ2v) is 7.90. The first-order valence-electron chi connectivity index (χ1n) is 10.6. The number of nitrogens with zero attached hydrogens (tertiary/aromatic N) is 5. The van der Waals surface area contributed by atoms with E-state index in [1.165, 1.54) is 4.90 Å².